The highest BCUT2D eigenvalue weighted by Gasteiger charge is 2.47. The van der Waals surface area contributed by atoms with Gasteiger partial charge in [0.1, 0.15) is 0 Å². The van der Waals surface area contributed by atoms with E-state index in [0.717, 1.165) is 18.5 Å². The van der Waals surface area contributed by atoms with Crippen LogP contribution in [0.4, 0.5) is 17.1 Å². The molecule has 0 aromatic heterocycles. The van der Waals surface area contributed by atoms with E-state index < -0.39 is 5.41 Å². The van der Waals surface area contributed by atoms with E-state index in [1.807, 2.05) is 0 Å². The summed E-state index contributed by atoms with van der Waals surface area (Å²) in [6, 6.07) is 76.0. The van der Waals surface area contributed by atoms with Gasteiger partial charge in [0.15, 0.2) is 0 Å². The predicted octanol–water partition coefficient (Wildman–Crippen LogP) is 16.0. The maximum Gasteiger partial charge on any atom is 0.270 e. The van der Waals surface area contributed by atoms with Crippen molar-refractivity contribution in [3.05, 3.63) is 268 Å². The molecule has 2 aliphatic heterocycles. The van der Waals surface area contributed by atoms with E-state index >= 15 is 0 Å². The Morgan fingerprint density at radius 3 is 1.81 bits per heavy atom. The van der Waals surface area contributed by atoms with Crippen LogP contribution < -0.4 is 15.6 Å². The van der Waals surface area contributed by atoms with E-state index in [9.17, 15) is 0 Å². The molecule has 2 aliphatic carbocycles. The van der Waals surface area contributed by atoms with Gasteiger partial charge in [-0.25, -0.2) is 0 Å². The van der Waals surface area contributed by atoms with Gasteiger partial charge in [-0.1, -0.05) is 201 Å². The van der Waals surface area contributed by atoms with Gasteiger partial charge in [-0.05, 0) is 152 Å². The molecule has 0 radical (unpaired) electrons. The summed E-state index contributed by atoms with van der Waals surface area (Å²) in [6.45, 7) is 11.8. The second-order valence-corrected chi connectivity index (χ2v) is 20.5. The minimum atomic E-state index is -0.739. The monoisotopic (exact) mass is 898 g/mol. The summed E-state index contributed by atoms with van der Waals surface area (Å²) in [4.78, 5) is 2.79. The van der Waals surface area contributed by atoms with Crippen molar-refractivity contribution >= 4 is 35.5 Å². The Morgan fingerprint density at radius 2 is 1.09 bits per heavy atom. The highest BCUT2D eigenvalue weighted by Crippen LogP contribution is 2.61. The van der Waals surface area contributed by atoms with E-state index in [4.69, 9.17) is 0 Å². The summed E-state index contributed by atoms with van der Waals surface area (Å²) in [6.07, 6.45) is 4.37. The molecule has 0 unspecified atom stereocenters. The second-order valence-electron chi connectivity index (χ2n) is 20.5. The Hall–Kier alpha value is -7.88. The lowest BCUT2D eigenvalue weighted by Gasteiger charge is -2.44. The van der Waals surface area contributed by atoms with E-state index in [0.29, 0.717) is 7.41 Å². The van der Waals surface area contributed by atoms with Crippen LogP contribution in [0, 0.1) is 13.8 Å². The number of aryl methyl sites for hydroxylation is 2. The number of fused-ring (bicyclic) bond motifs is 6. The van der Waals surface area contributed by atoms with Crippen molar-refractivity contribution in [3.63, 3.8) is 0 Å². The molecule has 2 heterocycles. The number of rotatable bonds is 5. The van der Waals surface area contributed by atoms with Crippen LogP contribution in [0.25, 0.3) is 50.1 Å². The molecule has 0 spiro atoms. The highest BCUT2D eigenvalue weighted by molar-refractivity contribution is 6.61. The summed E-state index contributed by atoms with van der Waals surface area (Å²) in [7, 11) is 0.625. The molecular formula is C67H55BN2. The average molecular weight is 899 g/mol. The molecule has 0 amide bonds. The van der Waals surface area contributed by atoms with Crippen molar-refractivity contribution in [1.29, 1.82) is 0 Å². The van der Waals surface area contributed by atoms with Crippen molar-refractivity contribution in [2.75, 3.05) is 10.1 Å². The molecule has 9 aromatic carbocycles. The van der Waals surface area contributed by atoms with Crippen LogP contribution in [-0.2, 0) is 10.8 Å². The Balaban J connectivity index is 1.30. The Kier molecular flexibility index (Phi) is 9.72. The Morgan fingerprint density at radius 1 is 0.486 bits per heavy atom. The van der Waals surface area contributed by atoms with Gasteiger partial charge in [0.2, 0.25) is 0 Å². The summed E-state index contributed by atoms with van der Waals surface area (Å²) < 4.78 is 0. The minimum Gasteiger partial charge on any atom is -0.427 e. The highest BCUT2D eigenvalue weighted by atomic mass is 15.2. The lowest BCUT2D eigenvalue weighted by Crippen LogP contribution is -2.39. The first-order valence-electron chi connectivity index (χ1n) is 25.1. The molecule has 3 heteroatoms. The fourth-order valence-corrected chi connectivity index (χ4v) is 13.1. The van der Waals surface area contributed by atoms with Gasteiger partial charge in [-0.15, -0.1) is 0 Å². The third-order valence-electron chi connectivity index (χ3n) is 16.2. The molecule has 0 saturated heterocycles. The molecule has 70 heavy (non-hydrogen) atoms. The molecule has 0 fully saturated rings. The van der Waals surface area contributed by atoms with Crippen molar-refractivity contribution in [3.8, 4) is 44.5 Å². The van der Waals surface area contributed by atoms with Crippen molar-refractivity contribution < 1.29 is 0 Å². The molecule has 336 valence electrons. The standard InChI is InChI=1S/C67H55BN2/c1-42-36-37-60(52(38-42)45-23-9-6-10-24-45)70-61-39-44(3)51(48-29-16-15-22-43(48)2)40-55(61)62-50-31-21-34-58(62)67(46-25-11-7-12-26-46,47-27-13-8-14-28-47)57-33-19-20-35-59(57)69-68-64-54(50)41-53-49-30-17-18-32-56(49)66(4,5)63(53)65(64)70/h6-35,38-41,68-69H,36-37H2,1-5H3. The van der Waals surface area contributed by atoms with Crippen LogP contribution in [0.5, 0.6) is 0 Å². The molecule has 9 aromatic rings. The quantitative estimate of drug-likeness (QED) is 0.173. The van der Waals surface area contributed by atoms with Crippen molar-refractivity contribution in [1.82, 2.24) is 0 Å². The number of benzene rings is 9. The molecule has 6 bridgehead atoms. The average Bonchev–Trinajstić information content (AvgIpc) is 3.62. The first-order chi connectivity index (χ1) is 34.2. The SMILES string of the molecule is CC1=CC(c2ccccc2)=C(N2c3cc(C)c(-c4ccccc4C)cc3-c3c4cccc3C(c3ccccc3)(c3ccccc3)c3ccccc3NBc3c-4cc4c(c32)C(C)(C)c2ccccc2-4)CC1. The van der Waals surface area contributed by atoms with Gasteiger partial charge in [-0.2, -0.15) is 0 Å². The van der Waals surface area contributed by atoms with E-state index in [-0.39, 0.29) is 5.41 Å². The van der Waals surface area contributed by atoms with E-state index in [2.05, 4.69) is 251 Å². The normalized spacial score (nSPS) is 15.6. The maximum absolute atomic E-state index is 4.24. The van der Waals surface area contributed by atoms with E-state index in [1.54, 1.807) is 0 Å². The number of hydrogen-bond donors (Lipinski definition) is 1. The van der Waals surface area contributed by atoms with Crippen LogP contribution in [0.15, 0.2) is 218 Å². The van der Waals surface area contributed by atoms with E-state index in [1.165, 1.54) is 128 Å². The minimum absolute atomic E-state index is 0.300. The number of nitrogens with zero attached hydrogens (tertiary/aromatic N) is 1. The number of allylic oxidation sites excluding steroid dienone is 4. The van der Waals surface area contributed by atoms with Crippen LogP contribution in [0.2, 0.25) is 0 Å². The molecule has 4 aliphatic rings. The van der Waals surface area contributed by atoms with Gasteiger partial charge in [0, 0.05) is 33.6 Å². The number of anilines is 3. The van der Waals surface area contributed by atoms with Gasteiger partial charge in [-0.3, -0.25) is 0 Å². The lowest BCUT2D eigenvalue weighted by molar-refractivity contribution is 0.660. The topological polar surface area (TPSA) is 15.3 Å². The fraction of sp³-hybridized carbons (Fsp3) is 0.134. The third-order valence-corrected chi connectivity index (χ3v) is 16.2. The first kappa shape index (κ1) is 42.2. The largest absolute Gasteiger partial charge is 0.427 e. The first-order valence-corrected chi connectivity index (χ1v) is 25.1. The van der Waals surface area contributed by atoms with Gasteiger partial charge in [0.25, 0.3) is 7.41 Å². The summed E-state index contributed by atoms with van der Waals surface area (Å²) in [5.74, 6) is 0. The summed E-state index contributed by atoms with van der Waals surface area (Å²) >= 11 is 0. The fourth-order valence-electron chi connectivity index (χ4n) is 13.1. The molecule has 2 nitrogen and oxygen atoms in total. The second kappa shape index (κ2) is 16.1. The van der Waals surface area contributed by atoms with Crippen molar-refractivity contribution in [2.45, 2.75) is 58.3 Å². The molecule has 0 saturated carbocycles. The number of para-hydroxylation sites is 1. The molecule has 1 N–H and O–H groups in total. The Labute approximate surface area is 414 Å². The maximum atomic E-state index is 4.24. The third kappa shape index (κ3) is 6.13. The van der Waals surface area contributed by atoms with Gasteiger partial charge >= 0.3 is 0 Å². The zero-order chi connectivity index (χ0) is 47.3. The zero-order valence-electron chi connectivity index (χ0n) is 40.7. The van der Waals surface area contributed by atoms with Crippen molar-refractivity contribution in [2.24, 2.45) is 0 Å². The number of nitrogens with one attached hydrogen (secondary N) is 1. The van der Waals surface area contributed by atoms with Crippen LogP contribution in [-0.4, -0.2) is 7.41 Å². The smallest absolute Gasteiger partial charge is 0.270 e. The predicted molar refractivity (Wildman–Crippen MR) is 297 cm³/mol. The van der Waals surface area contributed by atoms with Gasteiger partial charge in [0.05, 0.1) is 11.1 Å². The van der Waals surface area contributed by atoms with Gasteiger partial charge < -0.3 is 10.1 Å². The summed E-state index contributed by atoms with van der Waals surface area (Å²) in [5, 5.41) is 4.24. The lowest BCUT2D eigenvalue weighted by atomic mass is 9.60. The molecule has 13 rings (SSSR count). The number of hydrogen-bond acceptors (Lipinski definition) is 2. The summed E-state index contributed by atoms with van der Waals surface area (Å²) in [5.41, 5.74) is 29.6. The Bertz CT molecular complexity index is 3610. The van der Waals surface area contributed by atoms with Crippen LogP contribution in [0.1, 0.15) is 83.7 Å². The molecule has 0 atom stereocenters. The van der Waals surface area contributed by atoms with Crippen LogP contribution in [0.3, 0.4) is 0 Å². The molecular weight excluding hydrogens is 844 g/mol. The zero-order valence-corrected chi connectivity index (χ0v) is 40.7. The van der Waals surface area contributed by atoms with Crippen LogP contribution >= 0.6 is 0 Å².